The zero-order valence-corrected chi connectivity index (χ0v) is 9.06. The van der Waals surface area contributed by atoms with Gasteiger partial charge in [0.1, 0.15) is 5.82 Å². The number of pyridine rings is 1. The number of nitrogens with zero attached hydrogens (tertiary/aromatic N) is 1. The molecule has 3 nitrogen and oxygen atoms in total. The van der Waals surface area contributed by atoms with Gasteiger partial charge in [-0.15, -0.1) is 0 Å². The lowest BCUT2D eigenvalue weighted by atomic mass is 10.3. The Morgan fingerprint density at radius 3 is 2.92 bits per heavy atom. The molecule has 0 spiro atoms. The number of aromatic nitrogens is 1. The minimum Gasteiger partial charge on any atom is -0.397 e. The standard InChI is InChI=1S/C9H12BrN3/c1-6(10)5-12-9-4-3-8(11)7(2)13-9/h3-4H,1,5,11H2,2H3,(H,12,13). The number of hydrogen-bond acceptors (Lipinski definition) is 3. The van der Waals surface area contributed by atoms with Gasteiger partial charge in [-0.05, 0) is 19.1 Å². The zero-order valence-electron chi connectivity index (χ0n) is 7.47. The lowest BCUT2D eigenvalue weighted by molar-refractivity contribution is 1.16. The molecule has 1 heterocycles. The van der Waals surface area contributed by atoms with Crippen molar-refractivity contribution in [1.29, 1.82) is 0 Å². The SMILES string of the molecule is C=C(Br)CNc1ccc(N)c(C)n1. The summed E-state index contributed by atoms with van der Waals surface area (Å²) >= 11 is 3.26. The number of nitrogens with two attached hydrogens (primary N) is 1. The molecule has 13 heavy (non-hydrogen) atoms. The maximum absolute atomic E-state index is 5.63. The number of aryl methyl sites for hydroxylation is 1. The summed E-state index contributed by atoms with van der Waals surface area (Å²) in [6, 6.07) is 3.68. The first kappa shape index (κ1) is 10.1. The van der Waals surface area contributed by atoms with Crippen LogP contribution in [-0.2, 0) is 0 Å². The van der Waals surface area contributed by atoms with Crippen LogP contribution in [0.15, 0.2) is 23.2 Å². The lowest BCUT2D eigenvalue weighted by Crippen LogP contribution is -2.04. The summed E-state index contributed by atoms with van der Waals surface area (Å²) < 4.78 is 0.892. The molecule has 4 heteroatoms. The van der Waals surface area contributed by atoms with Gasteiger partial charge in [0.05, 0.1) is 11.4 Å². The molecule has 0 aliphatic heterocycles. The van der Waals surface area contributed by atoms with Crippen molar-refractivity contribution in [1.82, 2.24) is 4.98 Å². The first-order chi connectivity index (χ1) is 6.09. The predicted octanol–water partition coefficient (Wildman–Crippen LogP) is 2.29. The normalized spacial score (nSPS) is 9.69. The number of hydrogen-bond donors (Lipinski definition) is 2. The summed E-state index contributed by atoms with van der Waals surface area (Å²) in [5.41, 5.74) is 7.18. The fourth-order valence-corrected chi connectivity index (χ4v) is 0.997. The second-order valence-electron chi connectivity index (χ2n) is 2.74. The van der Waals surface area contributed by atoms with Crippen molar-refractivity contribution in [3.63, 3.8) is 0 Å². The van der Waals surface area contributed by atoms with E-state index in [-0.39, 0.29) is 0 Å². The Bertz CT molecular complexity index is 323. The molecule has 70 valence electrons. The van der Waals surface area contributed by atoms with Crippen molar-refractivity contribution in [2.24, 2.45) is 0 Å². The third-order valence-electron chi connectivity index (χ3n) is 1.59. The Kier molecular flexibility index (Phi) is 3.31. The number of rotatable bonds is 3. The van der Waals surface area contributed by atoms with E-state index in [9.17, 15) is 0 Å². The Morgan fingerprint density at radius 1 is 1.69 bits per heavy atom. The fourth-order valence-electron chi connectivity index (χ4n) is 0.857. The van der Waals surface area contributed by atoms with Crippen LogP contribution < -0.4 is 11.1 Å². The molecule has 0 aliphatic carbocycles. The third-order valence-corrected chi connectivity index (χ3v) is 1.87. The molecule has 0 aromatic carbocycles. The lowest BCUT2D eigenvalue weighted by Gasteiger charge is -2.06. The molecule has 1 aromatic heterocycles. The first-order valence-electron chi connectivity index (χ1n) is 3.90. The van der Waals surface area contributed by atoms with Crippen LogP contribution >= 0.6 is 15.9 Å². The average Bonchev–Trinajstić information content (AvgIpc) is 2.07. The maximum Gasteiger partial charge on any atom is 0.126 e. The van der Waals surface area contributed by atoms with Gasteiger partial charge in [0.25, 0.3) is 0 Å². The molecule has 3 N–H and O–H groups in total. The molecule has 0 amide bonds. The van der Waals surface area contributed by atoms with Gasteiger partial charge < -0.3 is 11.1 Å². The molecule has 0 aliphatic rings. The Hall–Kier alpha value is -1.03. The summed E-state index contributed by atoms with van der Waals surface area (Å²) in [5, 5.41) is 3.10. The second kappa shape index (κ2) is 4.28. The number of anilines is 2. The highest BCUT2D eigenvalue weighted by molar-refractivity contribution is 9.11. The average molecular weight is 242 g/mol. The van der Waals surface area contributed by atoms with Crippen molar-refractivity contribution >= 4 is 27.4 Å². The van der Waals surface area contributed by atoms with E-state index in [2.05, 4.69) is 32.8 Å². The van der Waals surface area contributed by atoms with Crippen molar-refractivity contribution in [2.75, 3.05) is 17.6 Å². The molecule has 0 bridgehead atoms. The van der Waals surface area contributed by atoms with E-state index in [0.29, 0.717) is 12.2 Å². The number of nitrogen functional groups attached to an aromatic ring is 1. The summed E-state index contributed by atoms with van der Waals surface area (Å²) in [7, 11) is 0. The molecule has 0 atom stereocenters. The third kappa shape index (κ3) is 3.06. The molecule has 0 saturated carbocycles. The largest absolute Gasteiger partial charge is 0.397 e. The smallest absolute Gasteiger partial charge is 0.126 e. The van der Waals surface area contributed by atoms with Crippen molar-refractivity contribution in [2.45, 2.75) is 6.92 Å². The summed E-state index contributed by atoms with van der Waals surface area (Å²) in [4.78, 5) is 4.25. The van der Waals surface area contributed by atoms with Gasteiger partial charge in [-0.25, -0.2) is 4.98 Å². The Labute approximate surface area is 86.2 Å². The van der Waals surface area contributed by atoms with E-state index in [1.54, 1.807) is 0 Å². The Balaban J connectivity index is 2.68. The molecular formula is C9H12BrN3. The zero-order chi connectivity index (χ0) is 9.84. The number of halogens is 1. The van der Waals surface area contributed by atoms with Crippen molar-refractivity contribution < 1.29 is 0 Å². The topological polar surface area (TPSA) is 50.9 Å². The van der Waals surface area contributed by atoms with Crippen LogP contribution in [0.3, 0.4) is 0 Å². The van der Waals surface area contributed by atoms with Crippen LogP contribution in [0.1, 0.15) is 5.69 Å². The first-order valence-corrected chi connectivity index (χ1v) is 4.69. The predicted molar refractivity (Wildman–Crippen MR) is 59.9 cm³/mol. The molecule has 0 fully saturated rings. The van der Waals surface area contributed by atoms with Crippen LogP contribution in [0, 0.1) is 6.92 Å². The molecule has 0 unspecified atom stereocenters. The minimum atomic E-state index is 0.663. The van der Waals surface area contributed by atoms with Gasteiger partial charge in [-0.2, -0.15) is 0 Å². The Morgan fingerprint density at radius 2 is 2.38 bits per heavy atom. The van der Waals surface area contributed by atoms with Gasteiger partial charge in [-0.1, -0.05) is 22.5 Å². The highest BCUT2D eigenvalue weighted by atomic mass is 79.9. The molecular weight excluding hydrogens is 230 g/mol. The van der Waals surface area contributed by atoms with Crippen LogP contribution in [0.25, 0.3) is 0 Å². The van der Waals surface area contributed by atoms with Crippen LogP contribution in [0.2, 0.25) is 0 Å². The van der Waals surface area contributed by atoms with Gasteiger partial charge in [0, 0.05) is 11.0 Å². The summed E-state index contributed by atoms with van der Waals surface area (Å²) in [5.74, 6) is 0.812. The maximum atomic E-state index is 5.63. The molecule has 1 aromatic rings. The molecule has 1 rings (SSSR count). The molecule has 0 radical (unpaired) electrons. The molecule has 0 saturated heterocycles. The number of nitrogens with one attached hydrogen (secondary N) is 1. The highest BCUT2D eigenvalue weighted by Crippen LogP contribution is 2.12. The van der Waals surface area contributed by atoms with Gasteiger partial charge in [0.2, 0.25) is 0 Å². The van der Waals surface area contributed by atoms with Gasteiger partial charge in [0.15, 0.2) is 0 Å². The van der Waals surface area contributed by atoms with E-state index in [1.165, 1.54) is 0 Å². The van der Waals surface area contributed by atoms with Gasteiger partial charge in [-0.3, -0.25) is 0 Å². The summed E-state index contributed by atoms with van der Waals surface area (Å²) in [6.45, 7) is 6.25. The van der Waals surface area contributed by atoms with E-state index in [0.717, 1.165) is 16.0 Å². The highest BCUT2D eigenvalue weighted by Gasteiger charge is 1.97. The fraction of sp³-hybridized carbons (Fsp3) is 0.222. The minimum absolute atomic E-state index is 0.663. The van der Waals surface area contributed by atoms with E-state index < -0.39 is 0 Å². The van der Waals surface area contributed by atoms with Gasteiger partial charge >= 0.3 is 0 Å². The summed E-state index contributed by atoms with van der Waals surface area (Å²) in [6.07, 6.45) is 0. The van der Waals surface area contributed by atoms with E-state index >= 15 is 0 Å². The van der Waals surface area contributed by atoms with Crippen LogP contribution in [0.4, 0.5) is 11.5 Å². The monoisotopic (exact) mass is 241 g/mol. The second-order valence-corrected chi connectivity index (χ2v) is 3.86. The van der Waals surface area contributed by atoms with E-state index in [4.69, 9.17) is 5.73 Å². The quantitative estimate of drug-likeness (QED) is 0.854. The van der Waals surface area contributed by atoms with Crippen LogP contribution in [0.5, 0.6) is 0 Å². The van der Waals surface area contributed by atoms with E-state index in [1.807, 2.05) is 19.1 Å². The van der Waals surface area contributed by atoms with Crippen molar-refractivity contribution in [3.05, 3.63) is 28.9 Å². The van der Waals surface area contributed by atoms with Crippen LogP contribution in [-0.4, -0.2) is 11.5 Å². The van der Waals surface area contributed by atoms with Crippen molar-refractivity contribution in [3.8, 4) is 0 Å².